The van der Waals surface area contributed by atoms with E-state index in [4.69, 9.17) is 4.74 Å². The van der Waals surface area contributed by atoms with Gasteiger partial charge in [0.2, 0.25) is 0 Å². The fourth-order valence-corrected chi connectivity index (χ4v) is 2.71. The maximum Gasteiger partial charge on any atom is 0.0589 e. The maximum atomic E-state index is 5.17. The highest BCUT2D eigenvalue weighted by atomic mass is 16.5. The lowest BCUT2D eigenvalue weighted by molar-refractivity contribution is 0.128. The summed E-state index contributed by atoms with van der Waals surface area (Å²) in [5, 5.41) is 3.72. The Labute approximate surface area is 113 Å². The molecule has 0 radical (unpaired) electrons. The normalized spacial score (nSPS) is 25.0. The van der Waals surface area contributed by atoms with Gasteiger partial charge in [-0.1, -0.05) is 6.92 Å². The van der Waals surface area contributed by atoms with Gasteiger partial charge in [0.25, 0.3) is 0 Å². The van der Waals surface area contributed by atoms with Crippen molar-refractivity contribution in [2.75, 3.05) is 33.4 Å². The molecule has 0 aromatic heterocycles. The maximum absolute atomic E-state index is 5.17. The average Bonchev–Trinajstić information content (AvgIpc) is 2.35. The highest BCUT2D eigenvalue weighted by Crippen LogP contribution is 2.23. The number of hydrogen-bond donors (Lipinski definition) is 1. The van der Waals surface area contributed by atoms with Gasteiger partial charge in [0, 0.05) is 38.8 Å². The van der Waals surface area contributed by atoms with E-state index in [1.54, 1.807) is 7.11 Å². The fraction of sp³-hybridized carbons (Fsp3) is 1.00. The Morgan fingerprint density at radius 2 is 1.83 bits per heavy atom. The first-order valence-electron chi connectivity index (χ1n) is 7.59. The molecule has 1 fully saturated rings. The summed E-state index contributed by atoms with van der Waals surface area (Å²) in [6.07, 6.45) is 5.52. The van der Waals surface area contributed by atoms with Crippen molar-refractivity contribution in [2.24, 2.45) is 5.92 Å². The van der Waals surface area contributed by atoms with Crippen LogP contribution in [0.3, 0.4) is 0 Å². The van der Waals surface area contributed by atoms with Crippen molar-refractivity contribution in [3.8, 4) is 0 Å². The van der Waals surface area contributed by atoms with E-state index in [1.807, 2.05) is 0 Å². The van der Waals surface area contributed by atoms with Crippen LogP contribution in [0.5, 0.6) is 0 Å². The van der Waals surface area contributed by atoms with Gasteiger partial charge in [0.15, 0.2) is 0 Å². The van der Waals surface area contributed by atoms with Crippen molar-refractivity contribution in [1.82, 2.24) is 10.2 Å². The molecule has 1 aliphatic carbocycles. The molecule has 18 heavy (non-hydrogen) atoms. The summed E-state index contributed by atoms with van der Waals surface area (Å²) in [6, 6.07) is 1.37. The van der Waals surface area contributed by atoms with E-state index in [9.17, 15) is 0 Å². The molecule has 108 valence electrons. The van der Waals surface area contributed by atoms with Crippen molar-refractivity contribution in [3.05, 3.63) is 0 Å². The van der Waals surface area contributed by atoms with Gasteiger partial charge in [-0.15, -0.1) is 0 Å². The zero-order valence-corrected chi connectivity index (χ0v) is 12.7. The summed E-state index contributed by atoms with van der Waals surface area (Å²) in [5.41, 5.74) is 0. The van der Waals surface area contributed by atoms with Gasteiger partial charge >= 0.3 is 0 Å². The predicted molar refractivity (Wildman–Crippen MR) is 78.0 cm³/mol. The van der Waals surface area contributed by atoms with Gasteiger partial charge in [-0.2, -0.15) is 0 Å². The van der Waals surface area contributed by atoms with Gasteiger partial charge in [0.1, 0.15) is 0 Å². The van der Waals surface area contributed by atoms with Crippen molar-refractivity contribution < 1.29 is 4.74 Å². The SMILES string of the molecule is COCCN(CCNC1CCC(C)CC1)C(C)C. The van der Waals surface area contributed by atoms with Gasteiger partial charge in [-0.25, -0.2) is 0 Å². The van der Waals surface area contributed by atoms with Crippen LogP contribution in [-0.4, -0.2) is 50.3 Å². The second-order valence-electron chi connectivity index (χ2n) is 6.03. The number of ether oxygens (including phenoxy) is 1. The number of rotatable bonds is 8. The summed E-state index contributed by atoms with van der Waals surface area (Å²) in [7, 11) is 1.78. The Morgan fingerprint density at radius 1 is 1.17 bits per heavy atom. The predicted octanol–water partition coefficient (Wildman–Crippen LogP) is 2.51. The first-order chi connectivity index (χ1) is 8.63. The Bertz CT molecular complexity index is 201. The highest BCUT2D eigenvalue weighted by molar-refractivity contribution is 4.76. The molecule has 0 aromatic carbocycles. The lowest BCUT2D eigenvalue weighted by atomic mass is 9.87. The summed E-state index contributed by atoms with van der Waals surface area (Å²) >= 11 is 0. The first kappa shape index (κ1) is 15.9. The first-order valence-corrected chi connectivity index (χ1v) is 7.59. The zero-order chi connectivity index (χ0) is 13.4. The van der Waals surface area contributed by atoms with Gasteiger partial charge < -0.3 is 10.1 Å². The molecule has 0 aliphatic heterocycles. The van der Waals surface area contributed by atoms with Crippen LogP contribution in [0.2, 0.25) is 0 Å². The van der Waals surface area contributed by atoms with Crippen molar-refractivity contribution >= 4 is 0 Å². The van der Waals surface area contributed by atoms with Crippen LogP contribution < -0.4 is 5.32 Å². The summed E-state index contributed by atoms with van der Waals surface area (Å²) in [5.74, 6) is 0.942. The van der Waals surface area contributed by atoms with E-state index in [1.165, 1.54) is 25.7 Å². The van der Waals surface area contributed by atoms with Crippen LogP contribution in [-0.2, 0) is 4.74 Å². The molecule has 1 N–H and O–H groups in total. The summed E-state index contributed by atoms with van der Waals surface area (Å²) < 4.78 is 5.17. The van der Waals surface area contributed by atoms with E-state index in [-0.39, 0.29) is 0 Å². The average molecular weight is 256 g/mol. The van der Waals surface area contributed by atoms with E-state index in [2.05, 4.69) is 31.0 Å². The van der Waals surface area contributed by atoms with Crippen LogP contribution in [0.1, 0.15) is 46.5 Å². The monoisotopic (exact) mass is 256 g/mol. The van der Waals surface area contributed by atoms with E-state index in [0.29, 0.717) is 6.04 Å². The van der Waals surface area contributed by atoms with Crippen LogP contribution in [0.4, 0.5) is 0 Å². The molecular weight excluding hydrogens is 224 g/mol. The zero-order valence-electron chi connectivity index (χ0n) is 12.7. The molecule has 0 atom stereocenters. The van der Waals surface area contributed by atoms with Gasteiger partial charge in [-0.05, 0) is 45.4 Å². The van der Waals surface area contributed by atoms with Crippen molar-refractivity contribution in [1.29, 1.82) is 0 Å². The minimum Gasteiger partial charge on any atom is -0.383 e. The molecule has 1 saturated carbocycles. The molecule has 3 nitrogen and oxygen atoms in total. The molecule has 0 saturated heterocycles. The number of nitrogens with zero attached hydrogens (tertiary/aromatic N) is 1. The number of nitrogens with one attached hydrogen (secondary N) is 1. The Morgan fingerprint density at radius 3 is 2.39 bits per heavy atom. The number of hydrogen-bond acceptors (Lipinski definition) is 3. The molecular formula is C15H32N2O. The third-order valence-corrected chi connectivity index (χ3v) is 4.16. The molecule has 0 bridgehead atoms. The van der Waals surface area contributed by atoms with Crippen LogP contribution in [0.15, 0.2) is 0 Å². The van der Waals surface area contributed by atoms with Crippen LogP contribution in [0.25, 0.3) is 0 Å². The molecule has 0 unspecified atom stereocenters. The van der Waals surface area contributed by atoms with E-state index < -0.39 is 0 Å². The lowest BCUT2D eigenvalue weighted by Gasteiger charge is -2.30. The standard InChI is InChI=1S/C15H32N2O/c1-13(2)17(11-12-18-4)10-9-16-15-7-5-14(3)6-8-15/h13-16H,5-12H2,1-4H3. The lowest BCUT2D eigenvalue weighted by Crippen LogP contribution is -2.42. The largest absolute Gasteiger partial charge is 0.383 e. The Hall–Kier alpha value is -0.120. The smallest absolute Gasteiger partial charge is 0.0589 e. The Kier molecular flexibility index (Phi) is 7.87. The van der Waals surface area contributed by atoms with E-state index in [0.717, 1.165) is 38.2 Å². The van der Waals surface area contributed by atoms with Crippen LogP contribution >= 0.6 is 0 Å². The van der Waals surface area contributed by atoms with Crippen LogP contribution in [0, 0.1) is 5.92 Å². The highest BCUT2D eigenvalue weighted by Gasteiger charge is 2.17. The van der Waals surface area contributed by atoms with Gasteiger partial charge in [-0.3, -0.25) is 4.90 Å². The van der Waals surface area contributed by atoms with Gasteiger partial charge in [0.05, 0.1) is 6.61 Å². The Balaban J connectivity index is 2.14. The quantitative estimate of drug-likeness (QED) is 0.722. The molecule has 0 heterocycles. The molecule has 1 aliphatic rings. The molecule has 0 amide bonds. The number of methoxy groups -OCH3 is 1. The minimum absolute atomic E-state index is 0.605. The molecule has 3 heteroatoms. The topological polar surface area (TPSA) is 24.5 Å². The van der Waals surface area contributed by atoms with Crippen molar-refractivity contribution in [3.63, 3.8) is 0 Å². The second-order valence-corrected chi connectivity index (χ2v) is 6.03. The minimum atomic E-state index is 0.605. The second kappa shape index (κ2) is 8.89. The molecule has 1 rings (SSSR count). The third kappa shape index (κ3) is 6.17. The molecule has 0 spiro atoms. The summed E-state index contributed by atoms with van der Waals surface area (Å²) in [6.45, 7) is 11.0. The van der Waals surface area contributed by atoms with E-state index >= 15 is 0 Å². The van der Waals surface area contributed by atoms with Crippen molar-refractivity contribution in [2.45, 2.75) is 58.5 Å². The third-order valence-electron chi connectivity index (χ3n) is 4.16. The summed E-state index contributed by atoms with van der Waals surface area (Å²) in [4.78, 5) is 2.49. The fourth-order valence-electron chi connectivity index (χ4n) is 2.71. The molecule has 0 aromatic rings.